The third kappa shape index (κ3) is 1.38. The van der Waals surface area contributed by atoms with Crippen LogP contribution in [0.4, 0.5) is 11.8 Å². The van der Waals surface area contributed by atoms with Crippen LogP contribution in [-0.2, 0) is 0 Å². The first-order valence-electron chi connectivity index (χ1n) is 2.36. The number of nitrogens with zero attached hydrogens (tertiary/aromatic N) is 3. The van der Waals surface area contributed by atoms with Crippen LogP contribution in [0, 0.1) is 4.91 Å². The van der Waals surface area contributed by atoms with Crippen molar-refractivity contribution in [2.75, 3.05) is 5.73 Å². The molecule has 0 aliphatic rings. The predicted octanol–water partition coefficient (Wildman–Crippen LogP) is 1.11. The number of nitrogen functional groups attached to an aromatic ring is 1. The highest BCUT2D eigenvalue weighted by molar-refractivity contribution is 6.29. The molecule has 0 fully saturated rings. The summed E-state index contributed by atoms with van der Waals surface area (Å²) in [6.07, 6.45) is 0. The van der Waals surface area contributed by atoms with Gasteiger partial charge in [-0.25, -0.2) is 4.98 Å². The molecular formula is C4H3ClN4O. The van der Waals surface area contributed by atoms with Crippen molar-refractivity contribution >= 4 is 23.4 Å². The molecule has 1 aromatic heterocycles. The van der Waals surface area contributed by atoms with Crippen LogP contribution in [0.2, 0.25) is 5.15 Å². The third-order valence-corrected chi connectivity index (χ3v) is 0.986. The Hall–Kier alpha value is -1.23. The minimum absolute atomic E-state index is 0.0536. The van der Waals surface area contributed by atoms with E-state index < -0.39 is 0 Å². The monoisotopic (exact) mass is 158 g/mol. The molecule has 0 aliphatic carbocycles. The van der Waals surface area contributed by atoms with E-state index in [4.69, 9.17) is 17.3 Å². The standard InChI is InChI=1S/C4H3ClN4O/c5-2-1-3(9-10)8-4(6)7-2/h1H,(H2,6,7,8). The number of aromatic nitrogens is 2. The quantitative estimate of drug-likeness (QED) is 0.490. The van der Waals surface area contributed by atoms with E-state index in [0.717, 1.165) is 0 Å². The molecule has 0 unspecified atom stereocenters. The average molecular weight is 159 g/mol. The molecule has 0 atom stereocenters. The van der Waals surface area contributed by atoms with Gasteiger partial charge in [0.2, 0.25) is 11.8 Å². The van der Waals surface area contributed by atoms with E-state index >= 15 is 0 Å². The molecule has 0 spiro atoms. The predicted molar refractivity (Wildman–Crippen MR) is 36.9 cm³/mol. The summed E-state index contributed by atoms with van der Waals surface area (Å²) in [6.45, 7) is 0. The number of nitrogens with two attached hydrogens (primary N) is 1. The summed E-state index contributed by atoms with van der Waals surface area (Å²) in [5.41, 5.74) is 5.13. The fraction of sp³-hybridized carbons (Fsp3) is 0. The van der Waals surface area contributed by atoms with E-state index in [2.05, 4.69) is 15.1 Å². The number of hydrogen-bond donors (Lipinski definition) is 1. The Balaban J connectivity index is 3.18. The van der Waals surface area contributed by atoms with Crippen LogP contribution in [0.1, 0.15) is 0 Å². The molecule has 1 aromatic rings. The molecule has 10 heavy (non-hydrogen) atoms. The van der Waals surface area contributed by atoms with Gasteiger partial charge in [0.25, 0.3) is 0 Å². The summed E-state index contributed by atoms with van der Waals surface area (Å²) >= 11 is 5.40. The highest BCUT2D eigenvalue weighted by Crippen LogP contribution is 2.13. The summed E-state index contributed by atoms with van der Waals surface area (Å²) in [6, 6.07) is 1.23. The van der Waals surface area contributed by atoms with Gasteiger partial charge in [-0.1, -0.05) is 11.6 Å². The first-order valence-corrected chi connectivity index (χ1v) is 2.73. The van der Waals surface area contributed by atoms with Crippen molar-refractivity contribution in [1.29, 1.82) is 0 Å². The van der Waals surface area contributed by atoms with Crippen LogP contribution < -0.4 is 5.73 Å². The van der Waals surface area contributed by atoms with Gasteiger partial charge in [0.05, 0.1) is 0 Å². The van der Waals surface area contributed by atoms with Gasteiger partial charge in [0.15, 0.2) is 0 Å². The van der Waals surface area contributed by atoms with Gasteiger partial charge in [0.1, 0.15) is 5.15 Å². The first kappa shape index (κ1) is 6.88. The zero-order valence-electron chi connectivity index (χ0n) is 4.78. The van der Waals surface area contributed by atoms with Gasteiger partial charge in [-0.2, -0.15) is 4.98 Å². The summed E-state index contributed by atoms with van der Waals surface area (Å²) in [5.74, 6) is -0.111. The van der Waals surface area contributed by atoms with Crippen molar-refractivity contribution in [1.82, 2.24) is 9.97 Å². The molecule has 0 bridgehead atoms. The lowest BCUT2D eigenvalue weighted by molar-refractivity contribution is 1.16. The zero-order chi connectivity index (χ0) is 7.56. The minimum atomic E-state index is -0.0579. The highest BCUT2D eigenvalue weighted by Gasteiger charge is 1.98. The van der Waals surface area contributed by atoms with Crippen molar-refractivity contribution in [3.8, 4) is 0 Å². The van der Waals surface area contributed by atoms with Crippen LogP contribution in [0.5, 0.6) is 0 Å². The van der Waals surface area contributed by atoms with Gasteiger partial charge in [-0.3, -0.25) is 0 Å². The topological polar surface area (TPSA) is 81.2 Å². The molecule has 0 amide bonds. The number of halogens is 1. The van der Waals surface area contributed by atoms with Crippen LogP contribution in [0.25, 0.3) is 0 Å². The van der Waals surface area contributed by atoms with E-state index in [-0.39, 0.29) is 16.9 Å². The van der Waals surface area contributed by atoms with Crippen LogP contribution >= 0.6 is 11.6 Å². The lowest BCUT2D eigenvalue weighted by Crippen LogP contribution is -1.93. The molecule has 1 heterocycles. The molecule has 6 heteroatoms. The molecule has 2 N–H and O–H groups in total. The molecule has 0 aromatic carbocycles. The second-order valence-electron chi connectivity index (χ2n) is 1.50. The second-order valence-corrected chi connectivity index (χ2v) is 1.89. The third-order valence-electron chi connectivity index (χ3n) is 0.792. The van der Waals surface area contributed by atoms with E-state index in [0.29, 0.717) is 0 Å². The summed E-state index contributed by atoms with van der Waals surface area (Å²) in [4.78, 5) is 16.8. The van der Waals surface area contributed by atoms with Crippen LogP contribution in [0.15, 0.2) is 11.2 Å². The zero-order valence-corrected chi connectivity index (χ0v) is 5.54. The van der Waals surface area contributed by atoms with E-state index in [1.807, 2.05) is 0 Å². The maximum absolute atomic E-state index is 9.86. The van der Waals surface area contributed by atoms with Gasteiger partial charge in [-0.05, 0) is 5.18 Å². The Morgan fingerprint density at radius 3 is 2.80 bits per heavy atom. The Morgan fingerprint density at radius 2 is 2.30 bits per heavy atom. The van der Waals surface area contributed by atoms with Gasteiger partial charge in [-0.15, -0.1) is 4.91 Å². The summed E-state index contributed by atoms with van der Waals surface area (Å²) < 4.78 is 0. The average Bonchev–Trinajstić information content (AvgIpc) is 1.85. The van der Waals surface area contributed by atoms with Crippen molar-refractivity contribution in [3.63, 3.8) is 0 Å². The molecule has 1 rings (SSSR count). The van der Waals surface area contributed by atoms with Crippen molar-refractivity contribution in [3.05, 3.63) is 16.1 Å². The minimum Gasteiger partial charge on any atom is -0.368 e. The Labute approximate surface area is 61.2 Å². The number of anilines is 1. The van der Waals surface area contributed by atoms with Gasteiger partial charge >= 0.3 is 0 Å². The molecule has 0 saturated carbocycles. The molecule has 0 radical (unpaired) electrons. The SMILES string of the molecule is Nc1nc(Cl)cc(N=O)n1. The van der Waals surface area contributed by atoms with E-state index in [1.54, 1.807) is 0 Å². The van der Waals surface area contributed by atoms with Gasteiger partial charge in [0, 0.05) is 6.07 Å². The normalized spacial score (nSPS) is 9.30. The smallest absolute Gasteiger partial charge is 0.223 e. The number of hydrogen-bond acceptors (Lipinski definition) is 5. The van der Waals surface area contributed by atoms with Crippen molar-refractivity contribution < 1.29 is 0 Å². The Morgan fingerprint density at radius 1 is 1.60 bits per heavy atom. The Bertz CT molecular complexity index is 243. The van der Waals surface area contributed by atoms with Gasteiger partial charge < -0.3 is 5.73 Å². The number of nitroso groups, excluding NO2 is 1. The van der Waals surface area contributed by atoms with E-state index in [9.17, 15) is 4.91 Å². The number of rotatable bonds is 1. The fourth-order valence-electron chi connectivity index (χ4n) is 0.470. The first-order chi connectivity index (χ1) is 4.72. The van der Waals surface area contributed by atoms with Crippen molar-refractivity contribution in [2.45, 2.75) is 0 Å². The van der Waals surface area contributed by atoms with Crippen molar-refractivity contribution in [2.24, 2.45) is 5.18 Å². The molecule has 0 saturated heterocycles. The largest absolute Gasteiger partial charge is 0.368 e. The Kier molecular flexibility index (Phi) is 1.77. The second kappa shape index (κ2) is 2.57. The molecule has 5 nitrogen and oxygen atoms in total. The van der Waals surface area contributed by atoms with Crippen LogP contribution in [-0.4, -0.2) is 9.97 Å². The fourth-order valence-corrected chi connectivity index (χ4v) is 0.654. The van der Waals surface area contributed by atoms with Crippen LogP contribution in [0.3, 0.4) is 0 Å². The molecule has 0 aliphatic heterocycles. The molecular weight excluding hydrogens is 156 g/mol. The maximum Gasteiger partial charge on any atom is 0.223 e. The lowest BCUT2D eigenvalue weighted by atomic mass is 10.6. The highest BCUT2D eigenvalue weighted by atomic mass is 35.5. The maximum atomic E-state index is 9.86. The summed E-state index contributed by atoms with van der Waals surface area (Å²) in [7, 11) is 0. The van der Waals surface area contributed by atoms with E-state index in [1.165, 1.54) is 6.07 Å². The summed E-state index contributed by atoms with van der Waals surface area (Å²) in [5, 5.41) is 2.64. The molecule has 52 valence electrons. The lowest BCUT2D eigenvalue weighted by Gasteiger charge is -1.91.